The van der Waals surface area contributed by atoms with E-state index in [1.807, 2.05) is 4.90 Å². The van der Waals surface area contributed by atoms with Crippen molar-refractivity contribution < 1.29 is 14.7 Å². The van der Waals surface area contributed by atoms with Gasteiger partial charge in [0.2, 0.25) is 0 Å². The van der Waals surface area contributed by atoms with E-state index in [9.17, 15) is 9.59 Å². The number of carboxylic acid groups (broad SMARTS) is 1. The van der Waals surface area contributed by atoms with Crippen LogP contribution in [0.1, 0.15) is 58.8 Å². The molecule has 5 heteroatoms. The minimum Gasteiger partial charge on any atom is -0.481 e. The van der Waals surface area contributed by atoms with E-state index in [1.54, 1.807) is 0 Å². The molecular formula is C15H26N2O3. The Labute approximate surface area is 120 Å². The second-order valence-corrected chi connectivity index (χ2v) is 6.74. The number of aliphatic carboxylic acids is 1. The summed E-state index contributed by atoms with van der Waals surface area (Å²) in [4.78, 5) is 25.3. The first-order chi connectivity index (χ1) is 9.42. The van der Waals surface area contributed by atoms with Crippen molar-refractivity contribution in [3.05, 3.63) is 0 Å². The lowest BCUT2D eigenvalue weighted by Gasteiger charge is -2.42. The van der Waals surface area contributed by atoms with Crippen molar-refractivity contribution in [1.82, 2.24) is 10.2 Å². The zero-order valence-electron chi connectivity index (χ0n) is 12.5. The predicted molar refractivity (Wildman–Crippen MR) is 76.5 cm³/mol. The molecule has 0 aromatic carbocycles. The summed E-state index contributed by atoms with van der Waals surface area (Å²) in [5.74, 6) is -0.258. The smallest absolute Gasteiger partial charge is 0.318 e. The van der Waals surface area contributed by atoms with Gasteiger partial charge in [-0.25, -0.2) is 4.79 Å². The van der Waals surface area contributed by atoms with E-state index in [2.05, 4.69) is 19.2 Å². The molecule has 2 saturated carbocycles. The minimum absolute atomic E-state index is 0.0431. The number of nitrogens with one attached hydrogen (secondary N) is 1. The highest BCUT2D eigenvalue weighted by Crippen LogP contribution is 2.36. The van der Waals surface area contributed by atoms with Gasteiger partial charge in [-0.2, -0.15) is 0 Å². The van der Waals surface area contributed by atoms with Crippen LogP contribution in [0.3, 0.4) is 0 Å². The van der Waals surface area contributed by atoms with Crippen LogP contribution in [0.5, 0.6) is 0 Å². The first-order valence-corrected chi connectivity index (χ1v) is 7.72. The Morgan fingerprint density at radius 3 is 2.40 bits per heavy atom. The third kappa shape index (κ3) is 3.87. The van der Waals surface area contributed by atoms with Crippen molar-refractivity contribution in [1.29, 1.82) is 0 Å². The van der Waals surface area contributed by atoms with Crippen LogP contribution in [-0.2, 0) is 4.79 Å². The summed E-state index contributed by atoms with van der Waals surface area (Å²) < 4.78 is 0. The minimum atomic E-state index is -0.829. The summed E-state index contributed by atoms with van der Waals surface area (Å²) in [6, 6.07) is 0.310. The topological polar surface area (TPSA) is 69.6 Å². The van der Waals surface area contributed by atoms with Gasteiger partial charge in [0.05, 0.1) is 12.0 Å². The molecule has 2 fully saturated rings. The van der Waals surface area contributed by atoms with Crippen LogP contribution in [-0.4, -0.2) is 40.1 Å². The highest BCUT2D eigenvalue weighted by atomic mass is 16.4. The zero-order valence-corrected chi connectivity index (χ0v) is 12.5. The molecule has 2 amide bonds. The summed E-state index contributed by atoms with van der Waals surface area (Å²) in [6.45, 7) is 5.08. The largest absolute Gasteiger partial charge is 0.481 e. The molecule has 20 heavy (non-hydrogen) atoms. The molecule has 0 radical (unpaired) electrons. The maximum atomic E-state index is 12.4. The molecule has 0 heterocycles. The number of amides is 2. The number of hydrogen-bond donors (Lipinski definition) is 2. The van der Waals surface area contributed by atoms with E-state index in [4.69, 9.17) is 5.11 Å². The van der Waals surface area contributed by atoms with E-state index in [0.29, 0.717) is 12.0 Å². The molecule has 0 atom stereocenters. The van der Waals surface area contributed by atoms with Crippen molar-refractivity contribution in [3.63, 3.8) is 0 Å². The summed E-state index contributed by atoms with van der Waals surface area (Å²) >= 11 is 0. The fourth-order valence-electron chi connectivity index (χ4n) is 2.77. The normalized spacial score (nSPS) is 20.4. The number of nitrogens with zero attached hydrogens (tertiary/aromatic N) is 1. The van der Waals surface area contributed by atoms with Crippen molar-refractivity contribution in [2.75, 3.05) is 6.54 Å². The lowest BCUT2D eigenvalue weighted by molar-refractivity contribution is -0.139. The van der Waals surface area contributed by atoms with Gasteiger partial charge in [0.1, 0.15) is 0 Å². The summed E-state index contributed by atoms with van der Waals surface area (Å²) in [6.07, 6.45) is 5.77. The molecule has 0 unspecified atom stereocenters. The van der Waals surface area contributed by atoms with Crippen LogP contribution in [0.25, 0.3) is 0 Å². The highest BCUT2D eigenvalue weighted by molar-refractivity contribution is 5.77. The molecular weight excluding hydrogens is 256 g/mol. The molecule has 2 rings (SSSR count). The van der Waals surface area contributed by atoms with Crippen molar-refractivity contribution >= 4 is 12.0 Å². The van der Waals surface area contributed by atoms with Gasteiger partial charge in [-0.3, -0.25) is 4.79 Å². The monoisotopic (exact) mass is 282 g/mol. The average molecular weight is 282 g/mol. The van der Waals surface area contributed by atoms with Crippen molar-refractivity contribution in [3.8, 4) is 0 Å². The molecule has 0 aromatic rings. The average Bonchev–Trinajstić information content (AvgIpc) is 3.09. The summed E-state index contributed by atoms with van der Waals surface area (Å²) in [5, 5.41) is 12.0. The molecule has 0 bridgehead atoms. The van der Waals surface area contributed by atoms with E-state index in [-0.39, 0.29) is 12.5 Å². The van der Waals surface area contributed by atoms with Crippen LogP contribution in [0.15, 0.2) is 0 Å². The number of carbonyl (C=O) groups excluding carboxylic acids is 1. The highest BCUT2D eigenvalue weighted by Gasteiger charge is 2.42. The third-order valence-corrected chi connectivity index (χ3v) is 4.37. The molecule has 0 spiro atoms. The Morgan fingerprint density at radius 2 is 2.00 bits per heavy atom. The van der Waals surface area contributed by atoms with Crippen molar-refractivity contribution in [2.45, 2.75) is 70.4 Å². The first-order valence-electron chi connectivity index (χ1n) is 7.72. The number of rotatable bonds is 7. The molecule has 5 nitrogen and oxygen atoms in total. The Bertz CT molecular complexity index is 373. The Hall–Kier alpha value is -1.26. The maximum Gasteiger partial charge on any atom is 0.318 e. The van der Waals surface area contributed by atoms with Gasteiger partial charge in [-0.1, -0.05) is 13.8 Å². The van der Waals surface area contributed by atoms with Crippen LogP contribution in [0.4, 0.5) is 4.79 Å². The fourth-order valence-corrected chi connectivity index (χ4v) is 2.77. The van der Waals surface area contributed by atoms with E-state index in [1.165, 1.54) is 0 Å². The molecule has 0 aromatic heterocycles. The Morgan fingerprint density at radius 1 is 1.35 bits per heavy atom. The van der Waals surface area contributed by atoms with Crippen LogP contribution >= 0.6 is 0 Å². The lowest BCUT2D eigenvalue weighted by atomic mass is 9.74. The van der Waals surface area contributed by atoms with Gasteiger partial charge in [-0.05, 0) is 44.4 Å². The molecule has 2 aliphatic rings. The molecule has 0 saturated heterocycles. The quantitative estimate of drug-likeness (QED) is 0.754. The van der Waals surface area contributed by atoms with Gasteiger partial charge < -0.3 is 15.3 Å². The zero-order chi connectivity index (χ0) is 14.8. The Kier molecular flexibility index (Phi) is 4.55. The predicted octanol–water partition coefficient (Wildman–Crippen LogP) is 2.60. The molecule has 2 aliphatic carbocycles. The molecule has 114 valence electrons. The number of urea groups is 1. The summed E-state index contributed by atoms with van der Waals surface area (Å²) in [7, 11) is 0. The summed E-state index contributed by atoms with van der Waals surface area (Å²) in [5.41, 5.74) is -0.492. The lowest BCUT2D eigenvalue weighted by Crippen LogP contribution is -2.58. The third-order valence-electron chi connectivity index (χ3n) is 4.37. The Balaban J connectivity index is 1.91. The van der Waals surface area contributed by atoms with E-state index in [0.717, 1.165) is 45.1 Å². The molecule has 2 N–H and O–H groups in total. The standard InChI is InChI=1S/C15H26N2O3/c1-11(2)6-9-17(12-4-5-12)14(20)16-15(7-3-8-15)10-13(18)19/h11-12H,3-10H2,1-2H3,(H,16,20)(H,18,19). The van der Waals surface area contributed by atoms with Gasteiger partial charge in [-0.15, -0.1) is 0 Å². The van der Waals surface area contributed by atoms with Crippen LogP contribution < -0.4 is 5.32 Å². The number of carbonyl (C=O) groups is 2. The SMILES string of the molecule is CC(C)CCN(C(=O)NC1(CC(=O)O)CCC1)C1CC1. The van der Waals surface area contributed by atoms with Gasteiger partial charge in [0.25, 0.3) is 0 Å². The second kappa shape index (κ2) is 6.02. The van der Waals surface area contributed by atoms with Crippen molar-refractivity contribution in [2.24, 2.45) is 5.92 Å². The number of hydrogen-bond acceptors (Lipinski definition) is 2. The molecule has 0 aliphatic heterocycles. The fraction of sp³-hybridized carbons (Fsp3) is 0.867. The number of carboxylic acids is 1. The second-order valence-electron chi connectivity index (χ2n) is 6.74. The van der Waals surface area contributed by atoms with Crippen LogP contribution in [0.2, 0.25) is 0 Å². The van der Waals surface area contributed by atoms with E-state index < -0.39 is 11.5 Å². The van der Waals surface area contributed by atoms with Gasteiger partial charge in [0, 0.05) is 12.6 Å². The van der Waals surface area contributed by atoms with Crippen LogP contribution in [0, 0.1) is 5.92 Å². The van der Waals surface area contributed by atoms with Gasteiger partial charge in [0.15, 0.2) is 0 Å². The first kappa shape index (κ1) is 15.1. The van der Waals surface area contributed by atoms with E-state index >= 15 is 0 Å². The van der Waals surface area contributed by atoms with Gasteiger partial charge >= 0.3 is 12.0 Å². The maximum absolute atomic E-state index is 12.4.